The number of hydrogen-bond donors (Lipinski definition) is 4. The van der Waals surface area contributed by atoms with Gasteiger partial charge in [0.25, 0.3) is 0 Å². The summed E-state index contributed by atoms with van der Waals surface area (Å²) < 4.78 is 73.6. The van der Waals surface area contributed by atoms with Crippen LogP contribution in [0.25, 0.3) is 0 Å². The second-order valence-electron chi connectivity index (χ2n) is 5.53. The zero-order chi connectivity index (χ0) is 23.8. The number of hydrogen-bond acceptors (Lipinski definition) is 5. The molecule has 1 aliphatic rings. The van der Waals surface area contributed by atoms with Crippen LogP contribution in [0.4, 0.5) is 0 Å². The van der Waals surface area contributed by atoms with Crippen LogP contribution in [0.2, 0.25) is 0 Å². The van der Waals surface area contributed by atoms with Crippen LogP contribution < -0.4 is 10.1 Å². The summed E-state index contributed by atoms with van der Waals surface area (Å²) in [6, 6.07) is 5.04. The van der Waals surface area contributed by atoms with Crippen molar-refractivity contribution in [2.75, 3.05) is 13.2 Å². The summed E-state index contributed by atoms with van der Waals surface area (Å²) in [5.74, 6) is 0.344. The first kappa shape index (κ1) is 8.64. The first-order chi connectivity index (χ1) is 14.0. The van der Waals surface area contributed by atoms with Gasteiger partial charge in [-0.25, -0.2) is 0 Å². The van der Waals surface area contributed by atoms with Crippen molar-refractivity contribution in [2.24, 2.45) is 0 Å². The van der Waals surface area contributed by atoms with E-state index in [0.29, 0.717) is 11.3 Å². The molecule has 0 heterocycles. The summed E-state index contributed by atoms with van der Waals surface area (Å²) in [5.41, 5.74) is -1.81. The largest absolute Gasteiger partial charge is 0.491 e. The monoisotopic (exact) mass is 318 g/mol. The molecule has 1 unspecified atom stereocenters. The van der Waals surface area contributed by atoms with E-state index >= 15 is 0 Å². The Balaban J connectivity index is 2.13. The lowest BCUT2D eigenvalue weighted by molar-refractivity contribution is 0.0132. The average molecular weight is 318 g/mol. The molecule has 22 heavy (non-hydrogen) atoms. The van der Waals surface area contributed by atoms with Gasteiger partial charge in [-0.15, -0.1) is 0 Å². The molecular formula is C17H27NO4. The van der Waals surface area contributed by atoms with E-state index in [2.05, 4.69) is 5.32 Å². The molecule has 1 aromatic carbocycles. The SMILES string of the molecule is [2H]C([2H])([2H])C(NCC(O)COc1cccc2c1C[C@@H](O)[C@@H](O)C2)(C([2H])([2H])[2H])C([2H])([2H])[2H]. The van der Waals surface area contributed by atoms with Crippen molar-refractivity contribution < 1.29 is 32.4 Å². The van der Waals surface area contributed by atoms with Crippen molar-refractivity contribution >= 4 is 0 Å². The summed E-state index contributed by atoms with van der Waals surface area (Å²) >= 11 is 0. The molecule has 0 radical (unpaired) electrons. The maximum absolute atomic E-state index is 10.2. The Kier molecular flexibility index (Phi) is 2.73. The summed E-state index contributed by atoms with van der Waals surface area (Å²) in [7, 11) is 0. The Morgan fingerprint density at radius 3 is 2.77 bits per heavy atom. The highest BCUT2D eigenvalue weighted by atomic mass is 16.5. The molecule has 4 N–H and O–H groups in total. The zero-order valence-corrected chi connectivity index (χ0v) is 12.0. The number of benzene rings is 1. The van der Waals surface area contributed by atoms with Gasteiger partial charge in [0, 0.05) is 42.8 Å². The molecule has 0 spiro atoms. The van der Waals surface area contributed by atoms with Crippen LogP contribution in [0, 0.1) is 0 Å². The molecule has 0 saturated heterocycles. The van der Waals surface area contributed by atoms with E-state index in [1.807, 2.05) is 0 Å². The van der Waals surface area contributed by atoms with E-state index in [9.17, 15) is 15.3 Å². The average Bonchev–Trinajstić information content (AvgIpc) is 2.57. The van der Waals surface area contributed by atoms with Crippen LogP contribution in [0.3, 0.4) is 0 Å². The molecule has 0 aliphatic heterocycles. The van der Waals surface area contributed by atoms with Gasteiger partial charge in [0.05, 0.1) is 12.2 Å². The summed E-state index contributed by atoms with van der Waals surface area (Å²) in [6.07, 6.45) is -2.92. The van der Waals surface area contributed by atoms with Crippen molar-refractivity contribution in [3.05, 3.63) is 29.3 Å². The van der Waals surface area contributed by atoms with Gasteiger partial charge in [-0.3, -0.25) is 0 Å². The number of aliphatic hydroxyl groups is 3. The van der Waals surface area contributed by atoms with Crippen LogP contribution in [-0.2, 0) is 12.8 Å². The minimum Gasteiger partial charge on any atom is -0.491 e. The van der Waals surface area contributed by atoms with E-state index in [-0.39, 0.29) is 19.4 Å². The summed E-state index contributed by atoms with van der Waals surface area (Å²) in [5, 5.41) is 32.0. The van der Waals surface area contributed by atoms with E-state index < -0.39 is 51.0 Å². The molecule has 5 heteroatoms. The molecular weight excluding hydrogens is 282 g/mol. The minimum atomic E-state index is -3.42. The van der Waals surface area contributed by atoms with E-state index in [1.54, 1.807) is 18.2 Å². The first-order valence-corrected chi connectivity index (χ1v) is 7.04. The number of nitrogens with one attached hydrogen (secondary N) is 1. The lowest BCUT2D eigenvalue weighted by atomic mass is 9.87. The molecule has 0 saturated carbocycles. The van der Waals surface area contributed by atoms with Gasteiger partial charge in [0.2, 0.25) is 0 Å². The van der Waals surface area contributed by atoms with E-state index in [0.717, 1.165) is 5.56 Å². The normalized spacial score (nSPS) is 30.8. The predicted octanol–water partition coefficient (Wildman–Crippen LogP) is 0.635. The molecule has 2 rings (SSSR count). The van der Waals surface area contributed by atoms with Gasteiger partial charge in [-0.2, -0.15) is 0 Å². The van der Waals surface area contributed by atoms with Gasteiger partial charge in [-0.05, 0) is 32.2 Å². The summed E-state index contributed by atoms with van der Waals surface area (Å²) in [4.78, 5) is 0. The molecule has 0 fully saturated rings. The van der Waals surface area contributed by atoms with Crippen molar-refractivity contribution in [1.82, 2.24) is 5.32 Å². The third-order valence-electron chi connectivity index (χ3n) is 3.55. The maximum atomic E-state index is 10.2. The molecule has 1 aliphatic carbocycles. The van der Waals surface area contributed by atoms with Crippen LogP contribution in [0.5, 0.6) is 5.75 Å². The van der Waals surface area contributed by atoms with Crippen LogP contribution in [0.15, 0.2) is 18.2 Å². The van der Waals surface area contributed by atoms with Crippen molar-refractivity contribution in [3.63, 3.8) is 0 Å². The van der Waals surface area contributed by atoms with Gasteiger partial charge < -0.3 is 25.4 Å². The fourth-order valence-electron chi connectivity index (χ4n) is 2.39. The minimum absolute atomic E-state index is 0.140. The van der Waals surface area contributed by atoms with Crippen molar-refractivity contribution in [2.45, 2.75) is 57.2 Å². The predicted molar refractivity (Wildman–Crippen MR) is 85.1 cm³/mol. The maximum Gasteiger partial charge on any atom is 0.123 e. The molecule has 1 aromatic rings. The van der Waals surface area contributed by atoms with Crippen LogP contribution in [-0.4, -0.2) is 52.3 Å². The fraction of sp³-hybridized carbons (Fsp3) is 0.647. The molecule has 0 amide bonds. The fourth-order valence-corrected chi connectivity index (χ4v) is 2.39. The quantitative estimate of drug-likeness (QED) is 0.640. The lowest BCUT2D eigenvalue weighted by Crippen LogP contribution is -2.42. The molecule has 3 atom stereocenters. The Hall–Kier alpha value is -1.14. The second kappa shape index (κ2) is 6.96. The van der Waals surface area contributed by atoms with E-state index in [4.69, 9.17) is 17.1 Å². The van der Waals surface area contributed by atoms with Crippen molar-refractivity contribution in [3.8, 4) is 5.75 Å². The Morgan fingerprint density at radius 2 is 2.05 bits per heavy atom. The van der Waals surface area contributed by atoms with Gasteiger partial charge >= 0.3 is 0 Å². The Bertz CT molecular complexity index is 727. The zero-order valence-electron chi connectivity index (χ0n) is 21.0. The number of fused-ring (bicyclic) bond motifs is 1. The third kappa shape index (κ3) is 4.68. The van der Waals surface area contributed by atoms with Gasteiger partial charge in [-0.1, -0.05) is 12.1 Å². The first-order valence-electron chi connectivity index (χ1n) is 11.5. The highest BCUT2D eigenvalue weighted by Crippen LogP contribution is 2.30. The number of rotatable bonds is 5. The van der Waals surface area contributed by atoms with Gasteiger partial charge in [0.15, 0.2) is 0 Å². The highest BCUT2D eigenvalue weighted by Gasteiger charge is 2.27. The van der Waals surface area contributed by atoms with Gasteiger partial charge in [0.1, 0.15) is 18.5 Å². The molecule has 5 nitrogen and oxygen atoms in total. The lowest BCUT2D eigenvalue weighted by Gasteiger charge is -2.28. The molecule has 0 bridgehead atoms. The topological polar surface area (TPSA) is 82.0 Å². The van der Waals surface area contributed by atoms with Crippen molar-refractivity contribution in [1.29, 1.82) is 0 Å². The molecule has 0 aromatic heterocycles. The number of ether oxygens (including phenoxy) is 1. The highest BCUT2D eigenvalue weighted by molar-refractivity contribution is 5.43. The number of aliphatic hydroxyl groups excluding tert-OH is 3. The molecule has 124 valence electrons. The second-order valence-corrected chi connectivity index (χ2v) is 5.53. The summed E-state index contributed by atoms with van der Waals surface area (Å²) in [6.45, 7) is -11.3. The number of β-amino-alcohol motifs (C(OH)–C–C–N with tert-alkyl or cyclic N) is 1. The van der Waals surface area contributed by atoms with Crippen LogP contribution in [0.1, 0.15) is 44.0 Å². The third-order valence-corrected chi connectivity index (χ3v) is 3.55. The standard InChI is InChI=1S/C17H27NO4/c1-17(2,3)18-9-12(19)10-22-16-6-4-5-11-7-14(20)15(21)8-13(11)16/h4-6,12,14-15,18-21H,7-10H2,1-3H3/t12?,14-,15+/m0/s1/i1D3,2D3,3D3. The smallest absolute Gasteiger partial charge is 0.123 e. The Labute approximate surface area is 144 Å². The van der Waals surface area contributed by atoms with Crippen LogP contribution >= 0.6 is 0 Å². The van der Waals surface area contributed by atoms with E-state index in [1.165, 1.54) is 0 Å². The Morgan fingerprint density at radius 1 is 1.32 bits per heavy atom.